The molecule has 27 heavy (non-hydrogen) atoms. The first-order valence-electron chi connectivity index (χ1n) is 8.71. The number of benzene rings is 2. The van der Waals surface area contributed by atoms with E-state index in [9.17, 15) is 9.59 Å². The van der Waals surface area contributed by atoms with Crippen molar-refractivity contribution in [3.63, 3.8) is 0 Å². The van der Waals surface area contributed by atoms with Gasteiger partial charge in [-0.05, 0) is 45.0 Å². The second kappa shape index (κ2) is 7.88. The second-order valence-electron chi connectivity index (χ2n) is 6.65. The van der Waals surface area contributed by atoms with Crippen molar-refractivity contribution >= 4 is 33.4 Å². The van der Waals surface area contributed by atoms with E-state index >= 15 is 0 Å². The molecule has 0 fully saturated rings. The van der Waals surface area contributed by atoms with E-state index in [0.717, 1.165) is 26.4 Å². The van der Waals surface area contributed by atoms with Crippen LogP contribution in [-0.4, -0.2) is 35.4 Å². The Bertz CT molecular complexity index is 943. The monoisotopic (exact) mass is 382 g/mol. The van der Waals surface area contributed by atoms with Crippen molar-refractivity contribution in [2.24, 2.45) is 0 Å². The molecule has 0 aliphatic rings. The van der Waals surface area contributed by atoms with Gasteiger partial charge in [-0.3, -0.25) is 4.79 Å². The summed E-state index contributed by atoms with van der Waals surface area (Å²) in [5.41, 5.74) is 3.35. The molecule has 3 aromatic rings. The molecular formula is C21H22N2O3S. The number of esters is 1. The van der Waals surface area contributed by atoms with Gasteiger partial charge in [-0.25, -0.2) is 9.78 Å². The summed E-state index contributed by atoms with van der Waals surface area (Å²) in [6, 6.07) is 13.2. The standard InChI is InChI=1S/C21H22N2O3S/c1-13-9-14(2)11-16(10-13)21(25)26-12-19(24)23(4)15(3)20-22-17-7-5-6-8-18(17)27-20/h5-11,15H,12H2,1-4H3/t15-/m1/s1. The van der Waals surface area contributed by atoms with Crippen molar-refractivity contribution in [3.8, 4) is 0 Å². The fraction of sp³-hybridized carbons (Fsp3) is 0.286. The van der Waals surface area contributed by atoms with E-state index < -0.39 is 5.97 Å². The van der Waals surface area contributed by atoms with Gasteiger partial charge in [0.05, 0.1) is 21.8 Å². The van der Waals surface area contributed by atoms with E-state index in [1.165, 1.54) is 0 Å². The Morgan fingerprint density at radius 1 is 1.15 bits per heavy atom. The summed E-state index contributed by atoms with van der Waals surface area (Å²) in [6.45, 7) is 5.46. The molecule has 0 bridgehead atoms. The molecule has 0 radical (unpaired) electrons. The minimum atomic E-state index is -0.490. The number of thiazole rings is 1. The maximum Gasteiger partial charge on any atom is 0.338 e. The number of ether oxygens (including phenoxy) is 1. The fourth-order valence-electron chi connectivity index (χ4n) is 2.86. The van der Waals surface area contributed by atoms with E-state index in [1.54, 1.807) is 35.4 Å². The van der Waals surface area contributed by atoms with Crippen LogP contribution in [0.3, 0.4) is 0 Å². The minimum Gasteiger partial charge on any atom is -0.452 e. The van der Waals surface area contributed by atoms with Crippen molar-refractivity contribution in [1.82, 2.24) is 9.88 Å². The Labute approximate surface area is 162 Å². The SMILES string of the molecule is Cc1cc(C)cc(C(=O)OCC(=O)N(C)[C@H](C)c2nc3ccccc3s2)c1. The molecule has 1 amide bonds. The van der Waals surface area contributed by atoms with Crippen molar-refractivity contribution in [2.75, 3.05) is 13.7 Å². The van der Waals surface area contributed by atoms with Crippen LogP contribution in [0.4, 0.5) is 0 Å². The number of amides is 1. The summed E-state index contributed by atoms with van der Waals surface area (Å²) in [4.78, 5) is 30.9. The van der Waals surface area contributed by atoms with Crippen LogP contribution >= 0.6 is 11.3 Å². The number of aryl methyl sites for hydroxylation is 2. The van der Waals surface area contributed by atoms with Gasteiger partial charge in [0.15, 0.2) is 6.61 Å². The highest BCUT2D eigenvalue weighted by Crippen LogP contribution is 2.28. The number of hydrogen-bond acceptors (Lipinski definition) is 5. The average Bonchev–Trinajstić information content (AvgIpc) is 3.08. The molecule has 0 saturated heterocycles. The van der Waals surface area contributed by atoms with Crippen LogP contribution in [0, 0.1) is 13.8 Å². The summed E-state index contributed by atoms with van der Waals surface area (Å²) in [6.07, 6.45) is 0. The molecule has 0 aliphatic carbocycles. The van der Waals surface area contributed by atoms with Crippen LogP contribution in [0.15, 0.2) is 42.5 Å². The van der Waals surface area contributed by atoms with Crippen molar-refractivity contribution in [3.05, 3.63) is 64.2 Å². The lowest BCUT2D eigenvalue weighted by molar-refractivity contribution is -0.135. The van der Waals surface area contributed by atoms with Gasteiger partial charge >= 0.3 is 5.97 Å². The third-order valence-electron chi connectivity index (χ3n) is 4.43. The summed E-state index contributed by atoms with van der Waals surface area (Å²) >= 11 is 1.56. The molecule has 6 heteroatoms. The Morgan fingerprint density at radius 3 is 2.48 bits per heavy atom. The largest absolute Gasteiger partial charge is 0.452 e. The normalized spacial score (nSPS) is 12.0. The first-order valence-corrected chi connectivity index (χ1v) is 9.53. The number of carbonyl (C=O) groups excluding carboxylic acids is 2. The lowest BCUT2D eigenvalue weighted by atomic mass is 10.1. The lowest BCUT2D eigenvalue weighted by Crippen LogP contribution is -2.33. The second-order valence-corrected chi connectivity index (χ2v) is 7.72. The van der Waals surface area contributed by atoms with E-state index in [4.69, 9.17) is 4.74 Å². The highest BCUT2D eigenvalue weighted by atomic mass is 32.1. The molecule has 1 heterocycles. The first kappa shape index (κ1) is 19.0. The van der Waals surface area contributed by atoms with Gasteiger partial charge in [0.1, 0.15) is 5.01 Å². The van der Waals surface area contributed by atoms with Crippen LogP contribution in [0.1, 0.15) is 39.5 Å². The summed E-state index contributed by atoms with van der Waals surface area (Å²) in [5, 5.41) is 0.854. The molecule has 2 aromatic carbocycles. The molecule has 1 aromatic heterocycles. The van der Waals surface area contributed by atoms with E-state index in [2.05, 4.69) is 4.98 Å². The number of aromatic nitrogens is 1. The predicted octanol–water partition coefficient (Wildman–Crippen LogP) is 4.29. The fourth-order valence-corrected chi connectivity index (χ4v) is 3.92. The molecule has 0 unspecified atom stereocenters. The molecule has 0 N–H and O–H groups in total. The van der Waals surface area contributed by atoms with E-state index in [0.29, 0.717) is 5.56 Å². The van der Waals surface area contributed by atoms with Crippen LogP contribution in [0.25, 0.3) is 10.2 Å². The van der Waals surface area contributed by atoms with Gasteiger partial charge in [0, 0.05) is 7.05 Å². The van der Waals surface area contributed by atoms with Crippen LogP contribution in [0.5, 0.6) is 0 Å². The number of fused-ring (bicyclic) bond motifs is 1. The Kier molecular flexibility index (Phi) is 5.56. The van der Waals surface area contributed by atoms with Gasteiger partial charge in [-0.1, -0.05) is 29.3 Å². The third-order valence-corrected chi connectivity index (χ3v) is 5.63. The molecule has 0 spiro atoms. The molecule has 5 nitrogen and oxygen atoms in total. The predicted molar refractivity (Wildman–Crippen MR) is 107 cm³/mol. The topological polar surface area (TPSA) is 59.5 Å². The van der Waals surface area contributed by atoms with Gasteiger partial charge in [-0.15, -0.1) is 11.3 Å². The average molecular weight is 382 g/mol. The zero-order valence-corrected chi connectivity index (χ0v) is 16.7. The summed E-state index contributed by atoms with van der Waals surface area (Å²) < 4.78 is 6.30. The van der Waals surface area contributed by atoms with Crippen LogP contribution in [0.2, 0.25) is 0 Å². The number of rotatable bonds is 5. The molecule has 140 valence electrons. The lowest BCUT2D eigenvalue weighted by Gasteiger charge is -2.23. The van der Waals surface area contributed by atoms with Crippen molar-refractivity contribution in [2.45, 2.75) is 26.8 Å². The van der Waals surface area contributed by atoms with E-state index in [1.807, 2.05) is 51.1 Å². The number of para-hydroxylation sites is 1. The molecular weight excluding hydrogens is 360 g/mol. The zero-order valence-electron chi connectivity index (χ0n) is 15.9. The number of carbonyl (C=O) groups is 2. The number of nitrogens with zero attached hydrogens (tertiary/aromatic N) is 2. The van der Waals surface area contributed by atoms with Gasteiger partial charge in [0.2, 0.25) is 0 Å². The van der Waals surface area contributed by atoms with Crippen LogP contribution < -0.4 is 0 Å². The summed E-state index contributed by atoms with van der Waals surface area (Å²) in [7, 11) is 1.70. The maximum absolute atomic E-state index is 12.5. The van der Waals surface area contributed by atoms with Crippen LogP contribution in [-0.2, 0) is 9.53 Å². The number of likely N-dealkylation sites (N-methyl/N-ethyl adjacent to an activating group) is 1. The Balaban J connectivity index is 1.63. The zero-order chi connectivity index (χ0) is 19.6. The van der Waals surface area contributed by atoms with Crippen molar-refractivity contribution in [1.29, 1.82) is 0 Å². The quantitative estimate of drug-likeness (QED) is 0.618. The van der Waals surface area contributed by atoms with Crippen molar-refractivity contribution < 1.29 is 14.3 Å². The summed E-state index contributed by atoms with van der Waals surface area (Å²) in [5.74, 6) is -0.754. The van der Waals surface area contributed by atoms with E-state index in [-0.39, 0.29) is 18.6 Å². The third kappa shape index (κ3) is 4.34. The highest BCUT2D eigenvalue weighted by Gasteiger charge is 2.22. The van der Waals surface area contributed by atoms with Gasteiger partial charge in [0.25, 0.3) is 5.91 Å². The molecule has 0 aliphatic heterocycles. The Hall–Kier alpha value is -2.73. The van der Waals surface area contributed by atoms with Gasteiger partial charge < -0.3 is 9.64 Å². The van der Waals surface area contributed by atoms with Gasteiger partial charge in [-0.2, -0.15) is 0 Å². The molecule has 1 atom stereocenters. The number of hydrogen-bond donors (Lipinski definition) is 0. The smallest absolute Gasteiger partial charge is 0.338 e. The molecule has 3 rings (SSSR count). The maximum atomic E-state index is 12.5. The minimum absolute atomic E-state index is 0.199. The Morgan fingerprint density at radius 2 is 1.81 bits per heavy atom. The molecule has 0 saturated carbocycles. The highest BCUT2D eigenvalue weighted by molar-refractivity contribution is 7.18. The first-order chi connectivity index (χ1) is 12.8.